The van der Waals surface area contributed by atoms with Crippen molar-refractivity contribution in [3.63, 3.8) is 0 Å². The zero-order chi connectivity index (χ0) is 14.4. The van der Waals surface area contributed by atoms with Crippen molar-refractivity contribution in [1.82, 2.24) is 5.32 Å². The van der Waals surface area contributed by atoms with E-state index in [1.54, 1.807) is 11.4 Å². The molecular weight excluding hydrogens is 270 g/mol. The van der Waals surface area contributed by atoms with Gasteiger partial charge in [0.2, 0.25) is 0 Å². The maximum Gasteiger partial charge on any atom is 0.336 e. The Morgan fingerprint density at radius 3 is 2.75 bits per heavy atom. The highest BCUT2D eigenvalue weighted by molar-refractivity contribution is 7.10. The number of nitrogens with one attached hydrogen (secondary N) is 1. The van der Waals surface area contributed by atoms with Crippen LogP contribution in [0.1, 0.15) is 34.1 Å². The molecule has 2 rings (SSSR count). The number of hydrogen-bond acceptors (Lipinski definition) is 3. The van der Waals surface area contributed by atoms with Gasteiger partial charge in [-0.15, -0.1) is 11.3 Å². The molecule has 1 atom stereocenters. The molecule has 0 aliphatic rings. The molecule has 0 radical (unpaired) electrons. The smallest absolute Gasteiger partial charge is 0.336 e. The topological polar surface area (TPSA) is 49.3 Å². The van der Waals surface area contributed by atoms with Gasteiger partial charge < -0.3 is 10.4 Å². The van der Waals surface area contributed by atoms with Crippen LogP contribution in [0.15, 0.2) is 41.8 Å². The quantitative estimate of drug-likeness (QED) is 0.819. The van der Waals surface area contributed by atoms with Crippen molar-refractivity contribution in [3.8, 4) is 0 Å². The number of thiophene rings is 1. The molecule has 1 aromatic carbocycles. The number of hydrogen-bond donors (Lipinski definition) is 2. The van der Waals surface area contributed by atoms with Crippen molar-refractivity contribution in [2.75, 3.05) is 0 Å². The summed E-state index contributed by atoms with van der Waals surface area (Å²) < 4.78 is 0. The lowest BCUT2D eigenvalue weighted by Crippen LogP contribution is -2.25. The van der Waals surface area contributed by atoms with Crippen LogP contribution in [0.2, 0.25) is 0 Å². The summed E-state index contributed by atoms with van der Waals surface area (Å²) in [6.07, 6.45) is 2.13. The standard InChI is InChI=1S/C16H19NO2S/c1-12(7-8-13-5-3-2-4-6-13)17-10-15-9-14(11-20-15)16(18)19/h2-6,9,11-12,17H,7-8,10H2,1H3,(H,18,19). The molecule has 0 aliphatic carbocycles. The van der Waals surface area contributed by atoms with Crippen LogP contribution in [0.3, 0.4) is 0 Å². The third-order valence-corrected chi connectivity index (χ3v) is 4.17. The summed E-state index contributed by atoms with van der Waals surface area (Å²) in [4.78, 5) is 11.9. The molecule has 0 saturated heterocycles. The van der Waals surface area contributed by atoms with Crippen LogP contribution < -0.4 is 5.32 Å². The van der Waals surface area contributed by atoms with Crippen LogP contribution in [-0.4, -0.2) is 17.1 Å². The number of aromatic carboxylic acids is 1. The monoisotopic (exact) mass is 289 g/mol. The Bertz CT molecular complexity index is 551. The number of carbonyl (C=O) groups is 1. The maximum absolute atomic E-state index is 10.8. The van der Waals surface area contributed by atoms with E-state index in [9.17, 15) is 4.79 Å². The molecule has 3 nitrogen and oxygen atoms in total. The Morgan fingerprint density at radius 2 is 2.10 bits per heavy atom. The second kappa shape index (κ2) is 7.22. The predicted octanol–water partition coefficient (Wildman–Crippen LogP) is 3.56. The van der Waals surface area contributed by atoms with Crippen molar-refractivity contribution in [1.29, 1.82) is 0 Å². The van der Waals surface area contributed by atoms with Gasteiger partial charge in [0.05, 0.1) is 5.56 Å². The van der Waals surface area contributed by atoms with Crippen LogP contribution in [0, 0.1) is 0 Å². The average Bonchev–Trinajstić information content (AvgIpc) is 2.93. The summed E-state index contributed by atoms with van der Waals surface area (Å²) >= 11 is 1.49. The molecular formula is C16H19NO2S. The SMILES string of the molecule is CC(CCc1ccccc1)NCc1cc(C(=O)O)cs1. The van der Waals surface area contributed by atoms with Gasteiger partial charge in [-0.3, -0.25) is 0 Å². The number of benzene rings is 1. The van der Waals surface area contributed by atoms with Gasteiger partial charge in [-0.05, 0) is 31.4 Å². The Balaban J connectivity index is 1.74. The zero-order valence-corrected chi connectivity index (χ0v) is 12.3. The van der Waals surface area contributed by atoms with E-state index in [0.717, 1.165) is 24.3 Å². The minimum atomic E-state index is -0.857. The van der Waals surface area contributed by atoms with Gasteiger partial charge in [0, 0.05) is 22.8 Å². The van der Waals surface area contributed by atoms with Gasteiger partial charge in [0.25, 0.3) is 0 Å². The van der Waals surface area contributed by atoms with Crippen LogP contribution in [0.5, 0.6) is 0 Å². The number of carboxylic acid groups (broad SMARTS) is 1. The molecule has 2 aromatic rings. The van der Waals surface area contributed by atoms with E-state index in [0.29, 0.717) is 11.6 Å². The minimum Gasteiger partial charge on any atom is -0.478 e. The Hall–Kier alpha value is -1.65. The van der Waals surface area contributed by atoms with E-state index in [1.165, 1.54) is 16.9 Å². The van der Waals surface area contributed by atoms with Crippen LogP contribution in [-0.2, 0) is 13.0 Å². The van der Waals surface area contributed by atoms with E-state index >= 15 is 0 Å². The Morgan fingerprint density at radius 1 is 1.35 bits per heavy atom. The number of rotatable bonds is 7. The third kappa shape index (κ3) is 4.47. The lowest BCUT2D eigenvalue weighted by molar-refractivity contribution is 0.0697. The Labute approximate surface area is 123 Å². The van der Waals surface area contributed by atoms with Crippen molar-refractivity contribution in [2.45, 2.75) is 32.4 Å². The van der Waals surface area contributed by atoms with Gasteiger partial charge in [-0.1, -0.05) is 30.3 Å². The molecule has 20 heavy (non-hydrogen) atoms. The van der Waals surface area contributed by atoms with Crippen molar-refractivity contribution < 1.29 is 9.90 Å². The summed E-state index contributed by atoms with van der Waals surface area (Å²) in [6.45, 7) is 2.89. The summed E-state index contributed by atoms with van der Waals surface area (Å²) in [5.41, 5.74) is 1.73. The van der Waals surface area contributed by atoms with Gasteiger partial charge in [-0.25, -0.2) is 4.79 Å². The van der Waals surface area contributed by atoms with Gasteiger partial charge in [-0.2, -0.15) is 0 Å². The van der Waals surface area contributed by atoms with E-state index < -0.39 is 5.97 Å². The second-order valence-electron chi connectivity index (χ2n) is 4.91. The fourth-order valence-corrected chi connectivity index (χ4v) is 2.80. The third-order valence-electron chi connectivity index (χ3n) is 3.23. The average molecular weight is 289 g/mol. The van der Waals surface area contributed by atoms with E-state index in [2.05, 4.69) is 36.5 Å². The van der Waals surface area contributed by atoms with E-state index in [1.807, 2.05) is 6.07 Å². The van der Waals surface area contributed by atoms with Crippen molar-refractivity contribution in [3.05, 3.63) is 57.8 Å². The molecule has 4 heteroatoms. The first-order valence-corrected chi connectivity index (χ1v) is 7.61. The summed E-state index contributed by atoms with van der Waals surface area (Å²) in [5.74, 6) is -0.857. The first kappa shape index (κ1) is 14.8. The molecule has 0 amide bonds. The maximum atomic E-state index is 10.8. The zero-order valence-electron chi connectivity index (χ0n) is 11.5. The van der Waals surface area contributed by atoms with Crippen LogP contribution in [0.25, 0.3) is 0 Å². The first-order chi connectivity index (χ1) is 9.65. The largest absolute Gasteiger partial charge is 0.478 e. The second-order valence-corrected chi connectivity index (χ2v) is 5.91. The molecule has 2 N–H and O–H groups in total. The van der Waals surface area contributed by atoms with Crippen LogP contribution in [0.4, 0.5) is 0 Å². The summed E-state index contributed by atoms with van der Waals surface area (Å²) in [7, 11) is 0. The first-order valence-electron chi connectivity index (χ1n) is 6.73. The summed E-state index contributed by atoms with van der Waals surface area (Å²) in [5, 5.41) is 14.0. The lowest BCUT2D eigenvalue weighted by atomic mass is 10.1. The predicted molar refractivity (Wildman–Crippen MR) is 82.3 cm³/mol. The number of carboxylic acids is 1. The van der Waals surface area contributed by atoms with Crippen molar-refractivity contribution >= 4 is 17.3 Å². The molecule has 0 bridgehead atoms. The molecule has 0 aliphatic heterocycles. The fraction of sp³-hybridized carbons (Fsp3) is 0.312. The van der Waals surface area contributed by atoms with Gasteiger partial charge in [0.1, 0.15) is 0 Å². The van der Waals surface area contributed by atoms with Crippen LogP contribution >= 0.6 is 11.3 Å². The highest BCUT2D eigenvalue weighted by atomic mass is 32.1. The number of aryl methyl sites for hydroxylation is 1. The molecule has 1 unspecified atom stereocenters. The van der Waals surface area contributed by atoms with Gasteiger partial charge in [0.15, 0.2) is 0 Å². The molecule has 0 fully saturated rings. The molecule has 0 spiro atoms. The molecule has 1 aromatic heterocycles. The van der Waals surface area contributed by atoms with E-state index in [4.69, 9.17) is 5.11 Å². The Kier molecular flexibility index (Phi) is 5.32. The summed E-state index contributed by atoms with van der Waals surface area (Å²) in [6, 6.07) is 12.6. The molecule has 0 saturated carbocycles. The minimum absolute atomic E-state index is 0.378. The highest BCUT2D eigenvalue weighted by Crippen LogP contribution is 2.15. The van der Waals surface area contributed by atoms with E-state index in [-0.39, 0.29) is 0 Å². The fourth-order valence-electron chi connectivity index (χ4n) is 1.99. The molecule has 106 valence electrons. The van der Waals surface area contributed by atoms with Crippen molar-refractivity contribution in [2.24, 2.45) is 0 Å². The highest BCUT2D eigenvalue weighted by Gasteiger charge is 2.07. The van der Waals surface area contributed by atoms with Gasteiger partial charge >= 0.3 is 5.97 Å². The normalized spacial score (nSPS) is 12.2. The molecule has 1 heterocycles. The lowest BCUT2D eigenvalue weighted by Gasteiger charge is -2.12.